The minimum absolute atomic E-state index is 0.0507. The van der Waals surface area contributed by atoms with Gasteiger partial charge in [0.15, 0.2) is 0 Å². The van der Waals surface area contributed by atoms with E-state index >= 15 is 0 Å². The number of carboxylic acids is 1. The second-order valence-corrected chi connectivity index (χ2v) is 15.2. The summed E-state index contributed by atoms with van der Waals surface area (Å²) in [5, 5.41) is 15.6. The van der Waals surface area contributed by atoms with Crippen LogP contribution in [0, 0.1) is 11.3 Å². The van der Waals surface area contributed by atoms with Gasteiger partial charge in [0.2, 0.25) is 0 Å². The van der Waals surface area contributed by atoms with Crippen LogP contribution in [0.1, 0.15) is 95.1 Å². The fourth-order valence-corrected chi connectivity index (χ4v) is 8.22. The summed E-state index contributed by atoms with van der Waals surface area (Å²) in [7, 11) is 0. The van der Waals surface area contributed by atoms with Crippen molar-refractivity contribution in [2.45, 2.75) is 71.8 Å². The molecule has 43 heavy (non-hydrogen) atoms. The molecule has 8 heteroatoms. The SMILES string of the molecule is CC(C)(C)[C@H]1CCc2nc3sc(C(=O)N[C@H](CCN4CCCCC4)c4ccc(-c5csc(C(=O)O)c5)cc4)cc3cc2C1. The lowest BCUT2D eigenvalue weighted by molar-refractivity contribution is 0.0702. The molecule has 1 aliphatic carbocycles. The Morgan fingerprint density at radius 2 is 1.81 bits per heavy atom. The molecule has 0 unspecified atom stereocenters. The van der Waals surface area contributed by atoms with Crippen molar-refractivity contribution in [1.82, 2.24) is 15.2 Å². The van der Waals surface area contributed by atoms with Gasteiger partial charge in [-0.3, -0.25) is 4.79 Å². The third-order valence-electron chi connectivity index (χ3n) is 9.27. The van der Waals surface area contributed by atoms with Crippen LogP contribution < -0.4 is 5.32 Å². The monoisotopic (exact) mass is 615 g/mol. The highest BCUT2D eigenvalue weighted by Gasteiger charge is 2.30. The van der Waals surface area contributed by atoms with E-state index in [0.29, 0.717) is 15.7 Å². The number of amides is 1. The molecule has 2 N–H and O–H groups in total. The third kappa shape index (κ3) is 6.87. The second kappa shape index (κ2) is 12.5. The van der Waals surface area contributed by atoms with Crippen molar-refractivity contribution in [2.24, 2.45) is 11.3 Å². The first kappa shape index (κ1) is 30.0. The number of likely N-dealkylation sites (tertiary alicyclic amines) is 1. The summed E-state index contributed by atoms with van der Waals surface area (Å²) >= 11 is 2.73. The van der Waals surface area contributed by atoms with Gasteiger partial charge in [0.25, 0.3) is 5.91 Å². The largest absolute Gasteiger partial charge is 0.477 e. The molecule has 0 saturated carbocycles. The number of carbonyl (C=O) groups excluding carboxylic acids is 1. The minimum Gasteiger partial charge on any atom is -0.477 e. The van der Waals surface area contributed by atoms with Gasteiger partial charge < -0.3 is 15.3 Å². The number of aromatic nitrogens is 1. The smallest absolute Gasteiger partial charge is 0.345 e. The van der Waals surface area contributed by atoms with E-state index in [1.807, 2.05) is 23.6 Å². The minimum atomic E-state index is -0.904. The average molecular weight is 616 g/mol. The number of aromatic carboxylic acids is 1. The molecule has 6 nitrogen and oxygen atoms in total. The zero-order valence-electron chi connectivity index (χ0n) is 25.3. The molecule has 2 aliphatic rings. The first-order valence-electron chi connectivity index (χ1n) is 15.5. The lowest BCUT2D eigenvalue weighted by Crippen LogP contribution is -2.35. The van der Waals surface area contributed by atoms with Crippen LogP contribution in [0.25, 0.3) is 21.3 Å². The zero-order valence-corrected chi connectivity index (χ0v) is 27.0. The van der Waals surface area contributed by atoms with Crippen LogP contribution in [0.5, 0.6) is 0 Å². The van der Waals surface area contributed by atoms with Crippen LogP contribution in [0.2, 0.25) is 0 Å². The van der Waals surface area contributed by atoms with Gasteiger partial charge in [-0.1, -0.05) is 51.5 Å². The zero-order chi connectivity index (χ0) is 30.1. The number of pyridine rings is 1. The summed E-state index contributed by atoms with van der Waals surface area (Å²) in [6, 6.07) is 14.1. The number of rotatable bonds is 8. The van der Waals surface area contributed by atoms with Crippen molar-refractivity contribution in [3.8, 4) is 11.1 Å². The lowest BCUT2D eigenvalue weighted by atomic mass is 9.71. The summed E-state index contributed by atoms with van der Waals surface area (Å²) < 4.78 is 0. The van der Waals surface area contributed by atoms with Gasteiger partial charge in [-0.05, 0) is 109 Å². The van der Waals surface area contributed by atoms with E-state index in [2.05, 4.69) is 49.2 Å². The summed E-state index contributed by atoms with van der Waals surface area (Å²) in [6.07, 6.45) is 7.82. The maximum Gasteiger partial charge on any atom is 0.345 e. The molecular weight excluding hydrogens is 575 g/mol. The van der Waals surface area contributed by atoms with E-state index in [1.165, 1.54) is 59.6 Å². The summed E-state index contributed by atoms with van der Waals surface area (Å²) in [4.78, 5) is 34.6. The Labute approximate surface area is 262 Å². The van der Waals surface area contributed by atoms with Crippen molar-refractivity contribution >= 4 is 44.8 Å². The van der Waals surface area contributed by atoms with E-state index < -0.39 is 5.97 Å². The maximum atomic E-state index is 13.7. The molecule has 0 radical (unpaired) electrons. The predicted octanol–water partition coefficient (Wildman–Crippen LogP) is 8.22. The Morgan fingerprint density at radius 3 is 2.51 bits per heavy atom. The number of carboxylic acid groups (broad SMARTS) is 1. The number of piperidine rings is 1. The molecular formula is C35H41N3O3S2. The number of fused-ring (bicyclic) bond motifs is 2. The number of nitrogens with one attached hydrogen (secondary N) is 1. The van der Waals surface area contributed by atoms with Crippen LogP contribution in [0.15, 0.2) is 47.8 Å². The van der Waals surface area contributed by atoms with Gasteiger partial charge in [0.05, 0.1) is 10.9 Å². The molecule has 0 bridgehead atoms. The van der Waals surface area contributed by atoms with Crippen molar-refractivity contribution in [1.29, 1.82) is 0 Å². The molecule has 3 aromatic heterocycles. The fourth-order valence-electron chi connectivity index (χ4n) is 6.53. The van der Waals surface area contributed by atoms with Gasteiger partial charge in [0.1, 0.15) is 9.71 Å². The fraction of sp³-hybridized carbons (Fsp3) is 0.457. The Kier molecular flexibility index (Phi) is 8.72. The van der Waals surface area contributed by atoms with Crippen molar-refractivity contribution in [3.05, 3.63) is 74.4 Å². The number of hydrogen-bond acceptors (Lipinski definition) is 6. The Balaban J connectivity index is 1.21. The van der Waals surface area contributed by atoms with E-state index in [4.69, 9.17) is 4.98 Å². The highest BCUT2D eigenvalue weighted by atomic mass is 32.1. The molecule has 1 aliphatic heterocycles. The second-order valence-electron chi connectivity index (χ2n) is 13.2. The van der Waals surface area contributed by atoms with Gasteiger partial charge in [-0.25, -0.2) is 9.78 Å². The van der Waals surface area contributed by atoms with E-state index in [0.717, 1.165) is 65.8 Å². The standard InChI is InChI=1S/C35H41N3O3S2/c1-35(2,3)27-11-12-28-24(18-27)17-25-19-30(43-33(25)37-28)32(39)36-29(13-16-38-14-5-4-6-15-38)23-9-7-22(8-10-23)26-20-31(34(40)41)42-21-26/h7-10,17,19-21,27,29H,4-6,11-16,18H2,1-3H3,(H,36,39)(H,40,41)/t27-,29+/m0/s1. The predicted molar refractivity (Wildman–Crippen MR) is 176 cm³/mol. The van der Waals surface area contributed by atoms with Gasteiger partial charge in [-0.2, -0.15) is 0 Å². The number of thiophene rings is 2. The van der Waals surface area contributed by atoms with Crippen LogP contribution in [0.3, 0.4) is 0 Å². The summed E-state index contributed by atoms with van der Waals surface area (Å²) in [5.41, 5.74) is 5.75. The molecule has 1 saturated heterocycles. The first-order valence-corrected chi connectivity index (χ1v) is 17.2. The topological polar surface area (TPSA) is 82.5 Å². The van der Waals surface area contributed by atoms with Gasteiger partial charge >= 0.3 is 5.97 Å². The molecule has 4 aromatic rings. The van der Waals surface area contributed by atoms with Crippen molar-refractivity contribution < 1.29 is 14.7 Å². The van der Waals surface area contributed by atoms with Gasteiger partial charge in [-0.15, -0.1) is 22.7 Å². The van der Waals surface area contributed by atoms with E-state index in [9.17, 15) is 14.7 Å². The normalized spacial score (nSPS) is 18.3. The summed E-state index contributed by atoms with van der Waals surface area (Å²) in [6.45, 7) is 10.2. The van der Waals surface area contributed by atoms with Crippen LogP contribution >= 0.6 is 22.7 Å². The highest BCUT2D eigenvalue weighted by Crippen LogP contribution is 2.38. The molecule has 0 spiro atoms. The number of benzene rings is 1. The highest BCUT2D eigenvalue weighted by molar-refractivity contribution is 7.20. The molecule has 1 amide bonds. The van der Waals surface area contributed by atoms with Crippen LogP contribution in [-0.4, -0.2) is 46.5 Å². The number of hydrogen-bond donors (Lipinski definition) is 2. The Morgan fingerprint density at radius 1 is 1.05 bits per heavy atom. The van der Waals surface area contributed by atoms with E-state index in [-0.39, 0.29) is 17.4 Å². The first-order chi connectivity index (χ1) is 20.6. The van der Waals surface area contributed by atoms with Gasteiger partial charge in [0, 0.05) is 17.6 Å². The molecule has 4 heterocycles. The number of aryl methyl sites for hydroxylation is 1. The van der Waals surface area contributed by atoms with Crippen molar-refractivity contribution in [2.75, 3.05) is 19.6 Å². The van der Waals surface area contributed by atoms with Crippen LogP contribution in [-0.2, 0) is 12.8 Å². The molecule has 1 aromatic carbocycles. The number of carbonyl (C=O) groups is 2. The molecule has 2 atom stereocenters. The quantitative estimate of drug-likeness (QED) is 0.209. The average Bonchev–Trinajstić information content (AvgIpc) is 3.66. The molecule has 6 rings (SSSR count). The lowest BCUT2D eigenvalue weighted by Gasteiger charge is -2.34. The molecule has 226 valence electrons. The third-order valence-corrected chi connectivity index (χ3v) is 11.2. The van der Waals surface area contributed by atoms with Crippen molar-refractivity contribution in [3.63, 3.8) is 0 Å². The summed E-state index contributed by atoms with van der Waals surface area (Å²) in [5.74, 6) is -0.309. The maximum absolute atomic E-state index is 13.7. The van der Waals surface area contributed by atoms with Crippen LogP contribution in [0.4, 0.5) is 0 Å². The Hall–Kier alpha value is -3.07. The number of nitrogens with zero attached hydrogens (tertiary/aromatic N) is 2. The van der Waals surface area contributed by atoms with E-state index in [1.54, 1.807) is 6.07 Å². The molecule has 1 fully saturated rings. The Bertz CT molecular complexity index is 1610.